The maximum atomic E-state index is 15.6. The molecule has 0 saturated heterocycles. The number of methoxy groups -OCH3 is 2. The third-order valence-electron chi connectivity index (χ3n) is 6.68. The van der Waals surface area contributed by atoms with Crippen molar-refractivity contribution in [3.05, 3.63) is 78.0 Å². The van der Waals surface area contributed by atoms with E-state index in [-0.39, 0.29) is 35.4 Å². The van der Waals surface area contributed by atoms with Crippen LogP contribution in [0.2, 0.25) is 0 Å². The molecule has 2 N–H and O–H groups in total. The zero-order valence-electron chi connectivity index (χ0n) is 21.1. The molecular weight excluding hydrogens is 534 g/mol. The summed E-state index contributed by atoms with van der Waals surface area (Å²) in [6.45, 7) is 0. The molecular formula is C28H21F4N3O5. The van der Waals surface area contributed by atoms with E-state index in [4.69, 9.17) is 19.9 Å². The smallest absolute Gasteiger partial charge is 0.247 e. The Balaban J connectivity index is 1.61. The van der Waals surface area contributed by atoms with Crippen LogP contribution in [0.5, 0.6) is 23.0 Å². The van der Waals surface area contributed by atoms with Crippen LogP contribution in [0.3, 0.4) is 0 Å². The first-order chi connectivity index (χ1) is 19.1. The number of hydrogen-bond donors (Lipinski definition) is 1. The molecule has 8 nitrogen and oxygen atoms in total. The molecule has 0 atom stereocenters. The largest absolute Gasteiger partial charge is 0.493 e. The SMILES string of the molecule is COc1cc2nccc(Oc3c(F)cc(N(C(=O)C4(C(N)=O)CC4)c4ccc(F)cc4)c(F)c3F)c2cc1OC. The standard InChI is InChI=1S/C28H21F4N3O5/c1-38-21-11-16-18(13-22(21)39-2)34-10-7-20(16)40-25-17(30)12-19(23(31)24(25)32)35(15-5-3-14(29)4-6-15)27(37)28(8-9-28)26(33)36/h3-7,10-13H,8-9H2,1-2H3,(H2,33,36). The lowest BCUT2D eigenvalue weighted by Gasteiger charge is -2.27. The topological polar surface area (TPSA) is 104 Å². The molecule has 0 unspecified atom stereocenters. The molecule has 4 aromatic rings. The van der Waals surface area contributed by atoms with Crippen LogP contribution in [0.1, 0.15) is 12.8 Å². The molecule has 40 heavy (non-hydrogen) atoms. The van der Waals surface area contributed by atoms with E-state index in [1.54, 1.807) is 0 Å². The highest BCUT2D eigenvalue weighted by molar-refractivity contribution is 6.16. The second-order valence-corrected chi connectivity index (χ2v) is 9.03. The van der Waals surface area contributed by atoms with E-state index in [1.165, 1.54) is 38.6 Å². The number of carbonyl (C=O) groups is 2. The Labute approximate surface area is 224 Å². The Morgan fingerprint density at radius 3 is 2.15 bits per heavy atom. The predicted molar refractivity (Wildman–Crippen MR) is 136 cm³/mol. The van der Waals surface area contributed by atoms with E-state index in [9.17, 15) is 14.0 Å². The number of anilines is 2. The summed E-state index contributed by atoms with van der Waals surface area (Å²) in [4.78, 5) is 30.3. The number of amides is 2. The van der Waals surface area contributed by atoms with Gasteiger partial charge in [0.2, 0.25) is 23.4 Å². The highest BCUT2D eigenvalue weighted by Gasteiger charge is 2.58. The van der Waals surface area contributed by atoms with Crippen molar-refractivity contribution in [1.29, 1.82) is 0 Å². The normalized spacial score (nSPS) is 13.6. The molecule has 0 aliphatic heterocycles. The molecule has 206 valence electrons. The van der Waals surface area contributed by atoms with Gasteiger partial charge in [-0.1, -0.05) is 0 Å². The first-order valence-corrected chi connectivity index (χ1v) is 11.9. The number of primary amides is 1. The van der Waals surface area contributed by atoms with Gasteiger partial charge in [0.25, 0.3) is 0 Å². The van der Waals surface area contributed by atoms with Crippen LogP contribution in [-0.2, 0) is 9.59 Å². The number of halogens is 4. The van der Waals surface area contributed by atoms with Crippen molar-refractivity contribution in [2.24, 2.45) is 11.1 Å². The van der Waals surface area contributed by atoms with Gasteiger partial charge in [0.15, 0.2) is 23.1 Å². The first-order valence-electron chi connectivity index (χ1n) is 11.9. The van der Waals surface area contributed by atoms with Crippen LogP contribution in [-0.4, -0.2) is 31.0 Å². The second-order valence-electron chi connectivity index (χ2n) is 9.03. The molecule has 0 bridgehead atoms. The summed E-state index contributed by atoms with van der Waals surface area (Å²) in [5, 5.41) is 0.281. The molecule has 1 aliphatic carbocycles. The maximum absolute atomic E-state index is 15.6. The molecule has 1 aliphatic rings. The van der Waals surface area contributed by atoms with E-state index in [1.807, 2.05) is 0 Å². The summed E-state index contributed by atoms with van der Waals surface area (Å²) in [6, 6.07) is 9.03. The van der Waals surface area contributed by atoms with Gasteiger partial charge in [-0.2, -0.15) is 4.39 Å². The van der Waals surface area contributed by atoms with Crippen LogP contribution in [0.25, 0.3) is 10.9 Å². The van der Waals surface area contributed by atoms with Gasteiger partial charge in [-0.05, 0) is 49.2 Å². The Morgan fingerprint density at radius 1 is 0.900 bits per heavy atom. The van der Waals surface area contributed by atoms with Gasteiger partial charge in [0.1, 0.15) is 17.0 Å². The van der Waals surface area contributed by atoms with E-state index in [2.05, 4.69) is 4.98 Å². The van der Waals surface area contributed by atoms with Crippen molar-refractivity contribution in [3.63, 3.8) is 0 Å². The molecule has 1 saturated carbocycles. The molecule has 0 radical (unpaired) electrons. The first kappa shape index (κ1) is 26.7. The number of rotatable bonds is 8. The Bertz CT molecular complexity index is 1660. The van der Waals surface area contributed by atoms with Crippen LogP contribution in [0.4, 0.5) is 28.9 Å². The number of benzene rings is 3. The fourth-order valence-corrected chi connectivity index (χ4v) is 4.33. The van der Waals surface area contributed by atoms with Crippen molar-refractivity contribution in [2.75, 3.05) is 19.1 Å². The number of nitrogens with zero attached hydrogens (tertiary/aromatic N) is 2. The Hall–Kier alpha value is -4.87. The van der Waals surface area contributed by atoms with Gasteiger partial charge in [0.05, 0.1) is 25.4 Å². The lowest BCUT2D eigenvalue weighted by molar-refractivity contribution is -0.133. The Morgan fingerprint density at radius 2 is 1.55 bits per heavy atom. The summed E-state index contributed by atoms with van der Waals surface area (Å²) in [5.74, 6) is -7.93. The quantitative estimate of drug-likeness (QED) is 0.174. The number of pyridine rings is 1. The minimum atomic E-state index is -1.75. The molecule has 5 rings (SSSR count). The highest BCUT2D eigenvalue weighted by Crippen LogP contribution is 2.50. The van der Waals surface area contributed by atoms with E-state index < -0.39 is 51.9 Å². The fraction of sp³-hybridized carbons (Fsp3) is 0.179. The van der Waals surface area contributed by atoms with Crippen molar-refractivity contribution in [3.8, 4) is 23.0 Å². The number of ether oxygens (including phenoxy) is 3. The van der Waals surface area contributed by atoms with Crippen molar-refractivity contribution < 1.29 is 41.4 Å². The highest BCUT2D eigenvalue weighted by atomic mass is 19.2. The lowest BCUT2D eigenvalue weighted by Crippen LogP contribution is -2.41. The number of aromatic nitrogens is 1. The molecule has 1 heterocycles. The van der Waals surface area contributed by atoms with E-state index >= 15 is 13.2 Å². The predicted octanol–water partition coefficient (Wildman–Crippen LogP) is 5.53. The summed E-state index contributed by atoms with van der Waals surface area (Å²) < 4.78 is 76.1. The van der Waals surface area contributed by atoms with E-state index in [0.717, 1.165) is 24.3 Å². The van der Waals surface area contributed by atoms with Gasteiger partial charge >= 0.3 is 0 Å². The average Bonchev–Trinajstić information content (AvgIpc) is 3.76. The Kier molecular flexibility index (Phi) is 6.70. The van der Waals surface area contributed by atoms with Crippen molar-refractivity contribution in [1.82, 2.24) is 4.98 Å². The van der Waals surface area contributed by atoms with Crippen molar-refractivity contribution >= 4 is 34.1 Å². The monoisotopic (exact) mass is 555 g/mol. The molecule has 2 amide bonds. The summed E-state index contributed by atoms with van der Waals surface area (Å²) in [7, 11) is 2.82. The summed E-state index contributed by atoms with van der Waals surface area (Å²) >= 11 is 0. The fourth-order valence-electron chi connectivity index (χ4n) is 4.33. The summed E-state index contributed by atoms with van der Waals surface area (Å²) in [6.07, 6.45) is 1.45. The maximum Gasteiger partial charge on any atom is 0.247 e. The second kappa shape index (κ2) is 10.0. The minimum Gasteiger partial charge on any atom is -0.493 e. The lowest BCUT2D eigenvalue weighted by atomic mass is 10.0. The van der Waals surface area contributed by atoms with Gasteiger partial charge in [-0.15, -0.1) is 0 Å². The van der Waals surface area contributed by atoms with Gasteiger partial charge in [0, 0.05) is 29.4 Å². The zero-order chi connectivity index (χ0) is 28.8. The molecule has 0 spiro atoms. The van der Waals surface area contributed by atoms with Gasteiger partial charge in [-0.3, -0.25) is 19.5 Å². The molecule has 3 aromatic carbocycles. The van der Waals surface area contributed by atoms with Gasteiger partial charge in [-0.25, -0.2) is 13.2 Å². The van der Waals surface area contributed by atoms with Crippen LogP contribution >= 0.6 is 0 Å². The number of fused-ring (bicyclic) bond motifs is 1. The van der Waals surface area contributed by atoms with Crippen LogP contribution < -0.4 is 24.8 Å². The van der Waals surface area contributed by atoms with Crippen LogP contribution in [0.15, 0.2) is 54.7 Å². The zero-order valence-corrected chi connectivity index (χ0v) is 21.1. The third-order valence-corrected chi connectivity index (χ3v) is 6.68. The van der Waals surface area contributed by atoms with Crippen molar-refractivity contribution in [2.45, 2.75) is 12.8 Å². The van der Waals surface area contributed by atoms with Crippen LogP contribution in [0, 0.1) is 28.7 Å². The van der Waals surface area contributed by atoms with Gasteiger partial charge < -0.3 is 19.9 Å². The average molecular weight is 555 g/mol. The molecule has 1 aromatic heterocycles. The molecule has 1 fully saturated rings. The number of hydrogen-bond acceptors (Lipinski definition) is 6. The number of nitrogens with two attached hydrogens (primary N) is 1. The summed E-state index contributed by atoms with van der Waals surface area (Å²) in [5.41, 5.74) is 3.09. The minimum absolute atomic E-state index is 0.0655. The van der Waals surface area contributed by atoms with E-state index in [0.29, 0.717) is 22.2 Å². The molecule has 12 heteroatoms. The number of carbonyl (C=O) groups excluding carboxylic acids is 2. The third kappa shape index (κ3) is 4.40.